The summed E-state index contributed by atoms with van der Waals surface area (Å²) in [6.07, 6.45) is 5.98. The summed E-state index contributed by atoms with van der Waals surface area (Å²) in [5.41, 5.74) is 1.65. The van der Waals surface area contributed by atoms with Crippen molar-refractivity contribution in [3.63, 3.8) is 0 Å². The molecule has 1 saturated carbocycles. The molecular formula is C24H34N4O3. The van der Waals surface area contributed by atoms with Crippen molar-refractivity contribution in [1.29, 1.82) is 0 Å². The molecular weight excluding hydrogens is 392 g/mol. The first-order valence-corrected chi connectivity index (χ1v) is 11.7. The fourth-order valence-corrected chi connectivity index (χ4v) is 5.25. The molecule has 168 valence electrons. The highest BCUT2D eigenvalue weighted by molar-refractivity contribution is 6.07. The van der Waals surface area contributed by atoms with E-state index in [-0.39, 0.29) is 30.8 Å². The Kier molecular flexibility index (Phi) is 6.60. The lowest BCUT2D eigenvalue weighted by Gasteiger charge is -2.31. The van der Waals surface area contributed by atoms with Crippen LogP contribution in [-0.4, -0.2) is 52.8 Å². The van der Waals surface area contributed by atoms with E-state index in [1.165, 1.54) is 23.3 Å². The van der Waals surface area contributed by atoms with Crippen LogP contribution < -0.4 is 10.6 Å². The molecule has 31 heavy (non-hydrogen) atoms. The Hall–Kier alpha value is -2.41. The van der Waals surface area contributed by atoms with Crippen LogP contribution in [0.5, 0.6) is 0 Å². The molecule has 2 saturated heterocycles. The van der Waals surface area contributed by atoms with Crippen molar-refractivity contribution in [2.75, 3.05) is 19.6 Å². The molecule has 0 radical (unpaired) electrons. The van der Waals surface area contributed by atoms with Gasteiger partial charge in [0.15, 0.2) is 0 Å². The molecule has 3 fully saturated rings. The number of piperidine rings is 1. The van der Waals surface area contributed by atoms with Gasteiger partial charge < -0.3 is 10.6 Å². The number of nitrogens with zero attached hydrogens (tertiary/aromatic N) is 2. The smallest absolute Gasteiger partial charge is 0.325 e. The molecule has 1 aliphatic carbocycles. The van der Waals surface area contributed by atoms with Gasteiger partial charge in [0.25, 0.3) is 5.91 Å². The van der Waals surface area contributed by atoms with E-state index in [1.807, 2.05) is 12.1 Å². The first kappa shape index (κ1) is 21.8. The van der Waals surface area contributed by atoms with Crippen LogP contribution in [0.25, 0.3) is 0 Å². The highest BCUT2D eigenvalue weighted by Crippen LogP contribution is 2.35. The summed E-state index contributed by atoms with van der Waals surface area (Å²) in [4.78, 5) is 41.1. The van der Waals surface area contributed by atoms with Crippen LogP contribution in [0, 0.1) is 5.92 Å². The maximum Gasteiger partial charge on any atom is 0.325 e. The van der Waals surface area contributed by atoms with Crippen molar-refractivity contribution >= 4 is 17.8 Å². The van der Waals surface area contributed by atoms with Crippen molar-refractivity contribution in [1.82, 2.24) is 20.4 Å². The molecule has 4 rings (SSSR count). The lowest BCUT2D eigenvalue weighted by molar-refractivity contribution is -0.131. The Balaban J connectivity index is 1.27. The Labute approximate surface area is 184 Å². The summed E-state index contributed by atoms with van der Waals surface area (Å²) in [6, 6.07) is 7.88. The number of hydrogen-bond donors (Lipinski definition) is 2. The number of nitrogens with one attached hydrogen (secondary N) is 2. The summed E-state index contributed by atoms with van der Waals surface area (Å²) >= 11 is 0. The molecule has 1 aromatic carbocycles. The Morgan fingerprint density at radius 2 is 1.90 bits per heavy atom. The average molecular weight is 427 g/mol. The van der Waals surface area contributed by atoms with Crippen molar-refractivity contribution < 1.29 is 14.4 Å². The van der Waals surface area contributed by atoms with Gasteiger partial charge in [-0.3, -0.25) is 19.4 Å². The van der Waals surface area contributed by atoms with Crippen LogP contribution >= 0.6 is 0 Å². The van der Waals surface area contributed by atoms with Gasteiger partial charge in [-0.05, 0) is 49.3 Å². The van der Waals surface area contributed by atoms with Crippen LogP contribution in [0.15, 0.2) is 24.3 Å². The molecule has 1 aromatic rings. The van der Waals surface area contributed by atoms with Gasteiger partial charge in [0.05, 0.1) is 0 Å². The number of imide groups is 1. The molecule has 1 unspecified atom stereocenters. The minimum absolute atomic E-state index is 0.126. The van der Waals surface area contributed by atoms with Crippen LogP contribution in [0.4, 0.5) is 4.79 Å². The summed E-state index contributed by atoms with van der Waals surface area (Å²) in [5.74, 6) is 0.424. The second-order valence-electron chi connectivity index (χ2n) is 9.45. The third kappa shape index (κ3) is 4.92. The second kappa shape index (κ2) is 9.39. The zero-order valence-electron chi connectivity index (χ0n) is 18.5. The number of carbonyl (C=O) groups excluding carboxylic acids is 3. The minimum Gasteiger partial charge on any atom is -0.352 e. The van der Waals surface area contributed by atoms with Crippen molar-refractivity contribution in [2.24, 2.45) is 5.92 Å². The number of likely N-dealkylation sites (tertiary alicyclic amines) is 1. The zero-order chi connectivity index (χ0) is 21.8. The van der Waals surface area contributed by atoms with Crippen LogP contribution in [-0.2, 0) is 22.7 Å². The van der Waals surface area contributed by atoms with Gasteiger partial charge in [0.2, 0.25) is 5.91 Å². The van der Waals surface area contributed by atoms with Gasteiger partial charge in [-0.25, -0.2) is 4.79 Å². The summed E-state index contributed by atoms with van der Waals surface area (Å²) in [5, 5.41) is 5.83. The van der Waals surface area contributed by atoms with Gasteiger partial charge >= 0.3 is 6.03 Å². The van der Waals surface area contributed by atoms with E-state index in [4.69, 9.17) is 0 Å². The topological polar surface area (TPSA) is 81.8 Å². The van der Waals surface area contributed by atoms with E-state index in [2.05, 4.69) is 34.6 Å². The van der Waals surface area contributed by atoms with E-state index in [0.717, 1.165) is 44.0 Å². The van der Waals surface area contributed by atoms with Gasteiger partial charge in [-0.2, -0.15) is 0 Å². The number of rotatable bonds is 7. The number of benzene rings is 1. The SMILES string of the molecule is CC1CCCN(Cc2ccccc2CNC(=O)CCN2C(=O)NC3(CCCC3)C2=O)C1. The fourth-order valence-electron chi connectivity index (χ4n) is 5.25. The quantitative estimate of drug-likeness (QED) is 0.657. The Morgan fingerprint density at radius 3 is 2.65 bits per heavy atom. The molecule has 1 spiro atoms. The molecule has 2 N–H and O–H groups in total. The molecule has 7 heteroatoms. The summed E-state index contributed by atoms with van der Waals surface area (Å²) < 4.78 is 0. The van der Waals surface area contributed by atoms with E-state index in [1.54, 1.807) is 0 Å². The van der Waals surface area contributed by atoms with Gasteiger partial charge in [0, 0.05) is 32.6 Å². The highest BCUT2D eigenvalue weighted by atomic mass is 16.2. The molecule has 2 heterocycles. The van der Waals surface area contributed by atoms with Gasteiger partial charge in [0.1, 0.15) is 5.54 Å². The molecule has 0 bridgehead atoms. The normalized spacial score (nSPS) is 23.4. The number of hydrogen-bond acceptors (Lipinski definition) is 4. The predicted octanol–water partition coefficient (Wildman–Crippen LogP) is 2.79. The maximum absolute atomic E-state index is 12.7. The predicted molar refractivity (Wildman–Crippen MR) is 118 cm³/mol. The first-order chi connectivity index (χ1) is 15.0. The van der Waals surface area contributed by atoms with Crippen LogP contribution in [0.2, 0.25) is 0 Å². The molecule has 7 nitrogen and oxygen atoms in total. The van der Waals surface area contributed by atoms with Crippen LogP contribution in [0.1, 0.15) is 63.0 Å². The lowest BCUT2D eigenvalue weighted by Crippen LogP contribution is -2.44. The maximum atomic E-state index is 12.7. The zero-order valence-corrected chi connectivity index (χ0v) is 18.5. The van der Waals surface area contributed by atoms with Crippen molar-refractivity contribution in [2.45, 2.75) is 70.5 Å². The van der Waals surface area contributed by atoms with E-state index in [0.29, 0.717) is 19.4 Å². The number of carbonyl (C=O) groups is 3. The molecule has 0 aromatic heterocycles. The van der Waals surface area contributed by atoms with Crippen molar-refractivity contribution in [3.05, 3.63) is 35.4 Å². The Bertz CT molecular complexity index is 834. The Morgan fingerprint density at radius 1 is 1.16 bits per heavy atom. The van der Waals surface area contributed by atoms with Gasteiger partial charge in [-0.15, -0.1) is 0 Å². The highest BCUT2D eigenvalue weighted by Gasteiger charge is 2.52. The fraction of sp³-hybridized carbons (Fsp3) is 0.625. The minimum atomic E-state index is -0.710. The third-order valence-electron chi connectivity index (χ3n) is 6.99. The van der Waals surface area contributed by atoms with Gasteiger partial charge in [-0.1, -0.05) is 44.0 Å². The number of urea groups is 1. The summed E-state index contributed by atoms with van der Waals surface area (Å²) in [7, 11) is 0. The average Bonchev–Trinajstić information content (AvgIpc) is 3.31. The van der Waals surface area contributed by atoms with E-state index >= 15 is 0 Å². The lowest BCUT2D eigenvalue weighted by atomic mass is 9.98. The van der Waals surface area contributed by atoms with Crippen LogP contribution in [0.3, 0.4) is 0 Å². The largest absolute Gasteiger partial charge is 0.352 e. The number of amides is 4. The molecule has 1 atom stereocenters. The van der Waals surface area contributed by atoms with E-state index < -0.39 is 5.54 Å². The standard InChI is InChI=1S/C24H34N4O3/c1-18-7-6-13-27(16-18)17-20-9-3-2-8-19(20)15-25-21(29)10-14-28-22(30)24(26-23(28)31)11-4-5-12-24/h2-3,8-9,18H,4-7,10-17H2,1H3,(H,25,29)(H,26,31). The van der Waals surface area contributed by atoms with E-state index in [9.17, 15) is 14.4 Å². The summed E-state index contributed by atoms with van der Waals surface area (Å²) in [6.45, 7) is 6.04. The molecule has 2 aliphatic heterocycles. The molecule has 4 amide bonds. The second-order valence-corrected chi connectivity index (χ2v) is 9.45. The third-order valence-corrected chi connectivity index (χ3v) is 6.99. The first-order valence-electron chi connectivity index (χ1n) is 11.7. The monoisotopic (exact) mass is 426 g/mol. The molecule has 3 aliphatic rings. The van der Waals surface area contributed by atoms with Crippen molar-refractivity contribution in [3.8, 4) is 0 Å².